The van der Waals surface area contributed by atoms with Gasteiger partial charge in [0.05, 0.1) is 6.16 Å². The monoisotopic (exact) mass is 364 g/mol. The van der Waals surface area contributed by atoms with Gasteiger partial charge < -0.3 is 15.1 Å². The van der Waals surface area contributed by atoms with E-state index in [1.54, 1.807) is 0 Å². The number of rotatable bonds is 5. The normalized spacial score (nSPS) is 12.3. The number of anilines is 1. The molecule has 1 aromatic rings. The molecule has 1 amide bonds. The molecule has 1 rings (SSSR count). The third-order valence-electron chi connectivity index (χ3n) is 3.05. The van der Waals surface area contributed by atoms with Crippen molar-refractivity contribution in [3.8, 4) is 0 Å². The molecular formula is C12H18BrN2O4P. The highest BCUT2D eigenvalue weighted by molar-refractivity contribution is 9.10. The number of hydrogen-bond donors (Lipinski definition) is 3. The van der Waals surface area contributed by atoms with Crippen LogP contribution in [-0.2, 0) is 15.5 Å². The van der Waals surface area contributed by atoms with Gasteiger partial charge in [0.25, 0.3) is 0 Å². The van der Waals surface area contributed by atoms with Crippen LogP contribution in [0.15, 0.2) is 16.7 Å². The van der Waals surface area contributed by atoms with Crippen molar-refractivity contribution in [2.24, 2.45) is 5.41 Å². The van der Waals surface area contributed by atoms with Crippen molar-refractivity contribution < 1.29 is 19.1 Å². The van der Waals surface area contributed by atoms with Gasteiger partial charge in [0.15, 0.2) is 0 Å². The average molecular weight is 365 g/mol. The minimum absolute atomic E-state index is 0.183. The lowest BCUT2D eigenvalue weighted by Gasteiger charge is -2.21. The Labute approximate surface area is 126 Å². The van der Waals surface area contributed by atoms with Gasteiger partial charge in [-0.15, -0.1) is 0 Å². The van der Waals surface area contributed by atoms with E-state index in [4.69, 9.17) is 9.79 Å². The number of pyridine rings is 1. The molecule has 0 atom stereocenters. The predicted molar refractivity (Wildman–Crippen MR) is 80.4 cm³/mol. The fraction of sp³-hybridized carbons (Fsp3) is 0.500. The number of aromatic nitrogens is 1. The Morgan fingerprint density at radius 3 is 2.60 bits per heavy atom. The predicted octanol–water partition coefficient (Wildman–Crippen LogP) is 2.90. The van der Waals surface area contributed by atoms with Gasteiger partial charge in [-0.05, 0) is 34.0 Å². The van der Waals surface area contributed by atoms with E-state index in [1.165, 1.54) is 12.3 Å². The first-order valence-corrected chi connectivity index (χ1v) is 8.64. The van der Waals surface area contributed by atoms with Gasteiger partial charge in [0.2, 0.25) is 5.91 Å². The molecule has 0 radical (unpaired) electrons. The second kappa shape index (κ2) is 6.35. The van der Waals surface area contributed by atoms with Crippen LogP contribution in [0, 0.1) is 5.41 Å². The summed E-state index contributed by atoms with van der Waals surface area (Å²) in [6, 6.07) is 1.47. The lowest BCUT2D eigenvalue weighted by Crippen LogP contribution is -2.30. The van der Waals surface area contributed by atoms with Crippen LogP contribution in [-0.4, -0.2) is 20.7 Å². The molecule has 0 spiro atoms. The van der Waals surface area contributed by atoms with E-state index < -0.39 is 19.2 Å². The van der Waals surface area contributed by atoms with Gasteiger partial charge in [-0.3, -0.25) is 9.36 Å². The molecule has 0 bridgehead atoms. The molecule has 0 fully saturated rings. The highest BCUT2D eigenvalue weighted by atomic mass is 79.9. The van der Waals surface area contributed by atoms with Gasteiger partial charge >= 0.3 is 7.60 Å². The van der Waals surface area contributed by atoms with Crippen LogP contribution in [0.4, 0.5) is 5.82 Å². The smallest absolute Gasteiger partial charge is 0.324 e. The minimum atomic E-state index is -4.18. The third-order valence-corrected chi connectivity index (χ3v) is 4.52. The van der Waals surface area contributed by atoms with Crippen LogP contribution in [0.3, 0.4) is 0 Å². The Bertz CT molecular complexity index is 556. The highest BCUT2D eigenvalue weighted by Crippen LogP contribution is 2.41. The van der Waals surface area contributed by atoms with Crippen molar-refractivity contribution >= 4 is 35.3 Å². The standard InChI is InChI=1S/C12H18BrN2O4P/c1-4-12(2,3)11(16)15-10-5-8(7-20(17,18)19)9(13)6-14-10/h5-6H,4,7H2,1-3H3,(H,14,15,16)(H2,17,18,19). The van der Waals surface area contributed by atoms with E-state index in [1.807, 2.05) is 20.8 Å². The molecule has 0 unspecified atom stereocenters. The Kier molecular flexibility index (Phi) is 5.49. The van der Waals surface area contributed by atoms with Crippen LogP contribution in [0.25, 0.3) is 0 Å². The summed E-state index contributed by atoms with van der Waals surface area (Å²) in [5.74, 6) is 0.0973. The van der Waals surface area contributed by atoms with Crippen LogP contribution in [0.1, 0.15) is 32.8 Å². The van der Waals surface area contributed by atoms with E-state index in [-0.39, 0.29) is 11.7 Å². The summed E-state index contributed by atoms with van der Waals surface area (Å²) >= 11 is 3.18. The number of nitrogens with one attached hydrogen (secondary N) is 1. The number of nitrogens with zero attached hydrogens (tertiary/aromatic N) is 1. The largest absolute Gasteiger partial charge is 0.329 e. The number of amides is 1. The van der Waals surface area contributed by atoms with Crippen LogP contribution < -0.4 is 5.32 Å². The molecule has 112 valence electrons. The summed E-state index contributed by atoms with van der Waals surface area (Å²) in [5.41, 5.74) is -0.129. The van der Waals surface area contributed by atoms with Crippen molar-refractivity contribution in [1.82, 2.24) is 4.98 Å². The van der Waals surface area contributed by atoms with Crippen molar-refractivity contribution in [1.29, 1.82) is 0 Å². The van der Waals surface area contributed by atoms with Crippen LogP contribution in [0.5, 0.6) is 0 Å². The first-order valence-electron chi connectivity index (χ1n) is 6.05. The van der Waals surface area contributed by atoms with Gasteiger partial charge in [-0.25, -0.2) is 4.98 Å². The Morgan fingerprint density at radius 2 is 2.10 bits per heavy atom. The van der Waals surface area contributed by atoms with E-state index in [9.17, 15) is 9.36 Å². The summed E-state index contributed by atoms with van der Waals surface area (Å²) in [4.78, 5) is 34.1. The zero-order valence-electron chi connectivity index (χ0n) is 11.6. The molecule has 6 nitrogen and oxygen atoms in total. The van der Waals surface area contributed by atoms with Crippen molar-refractivity contribution in [3.05, 3.63) is 22.3 Å². The summed E-state index contributed by atoms with van der Waals surface area (Å²) in [7, 11) is -4.18. The van der Waals surface area contributed by atoms with E-state index in [0.717, 1.165) is 0 Å². The first kappa shape index (κ1) is 17.3. The van der Waals surface area contributed by atoms with E-state index in [2.05, 4.69) is 26.2 Å². The molecule has 20 heavy (non-hydrogen) atoms. The molecule has 1 aromatic heterocycles. The molecule has 8 heteroatoms. The summed E-state index contributed by atoms with van der Waals surface area (Å²) in [6.07, 6.45) is 1.68. The summed E-state index contributed by atoms with van der Waals surface area (Å²) in [6.45, 7) is 5.54. The maximum absolute atomic E-state index is 12.0. The fourth-order valence-corrected chi connectivity index (χ4v) is 2.62. The molecule has 0 saturated carbocycles. The van der Waals surface area contributed by atoms with Crippen LogP contribution >= 0.6 is 23.5 Å². The maximum atomic E-state index is 12.0. The molecular weight excluding hydrogens is 347 g/mol. The summed E-state index contributed by atoms with van der Waals surface area (Å²) < 4.78 is 11.6. The SMILES string of the molecule is CCC(C)(C)C(=O)Nc1cc(CP(=O)(O)O)c(Br)cn1. The first-order chi connectivity index (χ1) is 9.05. The Morgan fingerprint density at radius 1 is 1.50 bits per heavy atom. The number of halogens is 1. The molecule has 1 heterocycles. The van der Waals surface area contributed by atoms with Crippen molar-refractivity contribution in [2.45, 2.75) is 33.4 Å². The molecule has 0 aliphatic heterocycles. The fourth-order valence-electron chi connectivity index (χ4n) is 1.34. The Balaban J connectivity index is 2.96. The van der Waals surface area contributed by atoms with Gasteiger partial charge in [-0.1, -0.05) is 20.8 Å². The van der Waals surface area contributed by atoms with Gasteiger partial charge in [-0.2, -0.15) is 0 Å². The topological polar surface area (TPSA) is 99.5 Å². The maximum Gasteiger partial charge on any atom is 0.329 e. The third kappa shape index (κ3) is 4.98. The zero-order valence-corrected chi connectivity index (χ0v) is 14.0. The quantitative estimate of drug-likeness (QED) is 0.697. The van der Waals surface area contributed by atoms with Crippen LogP contribution in [0.2, 0.25) is 0 Å². The second-order valence-corrected chi connectivity index (χ2v) is 7.68. The molecule has 0 aliphatic carbocycles. The zero-order chi connectivity index (χ0) is 15.6. The molecule has 0 aliphatic rings. The second-order valence-electron chi connectivity index (χ2n) is 5.18. The number of hydrogen-bond acceptors (Lipinski definition) is 3. The molecule has 0 aromatic carbocycles. The number of carbonyl (C=O) groups is 1. The molecule has 3 N–H and O–H groups in total. The van der Waals surface area contributed by atoms with Crippen molar-refractivity contribution in [2.75, 3.05) is 5.32 Å². The average Bonchev–Trinajstić information content (AvgIpc) is 2.31. The van der Waals surface area contributed by atoms with Gasteiger partial charge in [0.1, 0.15) is 5.82 Å². The lowest BCUT2D eigenvalue weighted by atomic mass is 9.89. The van der Waals surface area contributed by atoms with E-state index >= 15 is 0 Å². The Hall–Kier alpha value is -0.750. The lowest BCUT2D eigenvalue weighted by molar-refractivity contribution is -0.124. The molecule has 0 saturated heterocycles. The van der Waals surface area contributed by atoms with Gasteiger partial charge in [0, 0.05) is 16.1 Å². The van der Waals surface area contributed by atoms with E-state index in [0.29, 0.717) is 16.5 Å². The summed E-state index contributed by atoms with van der Waals surface area (Å²) in [5, 5.41) is 2.66. The number of carbonyl (C=O) groups excluding carboxylic acids is 1. The van der Waals surface area contributed by atoms with Crippen molar-refractivity contribution in [3.63, 3.8) is 0 Å². The minimum Gasteiger partial charge on any atom is -0.324 e. The highest BCUT2D eigenvalue weighted by Gasteiger charge is 2.26.